The highest BCUT2D eigenvalue weighted by Gasteiger charge is 2.62. The van der Waals surface area contributed by atoms with E-state index in [2.05, 4.69) is 0 Å². The zero-order chi connectivity index (χ0) is 19.2. The molecule has 0 radical (unpaired) electrons. The molecule has 0 rings (SSSR count). The van der Waals surface area contributed by atoms with Crippen LogP contribution in [0.2, 0.25) is 0 Å². The minimum Gasteiger partial charge on any atom is -0.218 e. The van der Waals surface area contributed by atoms with Crippen molar-refractivity contribution < 1.29 is 43.2 Å². The van der Waals surface area contributed by atoms with Gasteiger partial charge in [0.2, 0.25) is 0 Å². The molecule has 0 amide bonds. The average Bonchev–Trinajstić information content (AvgIpc) is 2.38. The molecule has 0 N–H and O–H groups in total. The van der Waals surface area contributed by atoms with Crippen molar-refractivity contribution in [2.24, 2.45) is 0 Å². The van der Waals surface area contributed by atoms with Gasteiger partial charge in [-0.2, -0.15) is 26.3 Å². The molecule has 0 aromatic rings. The van der Waals surface area contributed by atoms with Crippen LogP contribution in [-0.2, 0) is 19.7 Å². The van der Waals surface area contributed by atoms with Crippen LogP contribution in [0.4, 0.5) is 26.3 Å². The molecule has 24 heavy (non-hydrogen) atoms. The van der Waals surface area contributed by atoms with E-state index < -0.39 is 41.7 Å². The third kappa shape index (κ3) is 6.08. The maximum Gasteiger partial charge on any atom is 0.498 e. The summed E-state index contributed by atoms with van der Waals surface area (Å²) in [4.78, 5) is 0. The van der Waals surface area contributed by atoms with Crippen LogP contribution in [0.15, 0.2) is 0 Å². The SMILES string of the molecule is CCCCCCCCCC(S(=O)(=O)C(F)(F)F)S(=O)(=O)C(F)(F)F. The van der Waals surface area contributed by atoms with E-state index in [0.717, 1.165) is 19.3 Å². The molecule has 0 heterocycles. The van der Waals surface area contributed by atoms with Crippen molar-refractivity contribution in [2.45, 2.75) is 73.9 Å². The molecular formula is C12H20F6O4S2. The van der Waals surface area contributed by atoms with Gasteiger partial charge in [0.25, 0.3) is 19.7 Å². The molecule has 0 unspecified atom stereocenters. The molecule has 0 atom stereocenters. The average molecular weight is 406 g/mol. The van der Waals surface area contributed by atoms with Crippen LogP contribution in [0.3, 0.4) is 0 Å². The summed E-state index contributed by atoms with van der Waals surface area (Å²) in [6.07, 6.45) is 2.42. The van der Waals surface area contributed by atoms with Gasteiger partial charge in [0.15, 0.2) is 4.58 Å². The number of sulfone groups is 2. The quantitative estimate of drug-likeness (QED) is 0.400. The van der Waals surface area contributed by atoms with Crippen LogP contribution in [-0.4, -0.2) is 32.4 Å². The van der Waals surface area contributed by atoms with Gasteiger partial charge in [-0.25, -0.2) is 16.8 Å². The summed E-state index contributed by atoms with van der Waals surface area (Å²) in [5.74, 6) is 0. The van der Waals surface area contributed by atoms with Crippen molar-refractivity contribution in [2.75, 3.05) is 0 Å². The Kier molecular flexibility index (Phi) is 8.54. The number of hydrogen-bond donors (Lipinski definition) is 0. The molecule has 0 aromatic heterocycles. The van der Waals surface area contributed by atoms with E-state index in [1.54, 1.807) is 0 Å². The Balaban J connectivity index is 5.14. The summed E-state index contributed by atoms with van der Waals surface area (Å²) < 4.78 is 116. The first-order valence-corrected chi connectivity index (χ1v) is 10.4. The fourth-order valence-corrected chi connectivity index (χ4v) is 5.58. The van der Waals surface area contributed by atoms with Gasteiger partial charge in [-0.15, -0.1) is 0 Å². The van der Waals surface area contributed by atoms with Gasteiger partial charge in [0.1, 0.15) is 0 Å². The standard InChI is InChI=1S/C12H20F6O4S2/c1-2-3-4-5-6-7-8-9-10(23(19,20)11(13,14)15)24(21,22)12(16,17)18/h10H,2-9H2,1H3. The second kappa shape index (κ2) is 8.72. The molecule has 0 saturated carbocycles. The fourth-order valence-electron chi connectivity index (χ4n) is 2.04. The van der Waals surface area contributed by atoms with Gasteiger partial charge < -0.3 is 0 Å². The van der Waals surface area contributed by atoms with Gasteiger partial charge in [-0.3, -0.25) is 0 Å². The number of hydrogen-bond acceptors (Lipinski definition) is 4. The lowest BCUT2D eigenvalue weighted by molar-refractivity contribution is -0.0472. The van der Waals surface area contributed by atoms with Crippen LogP contribution in [0.1, 0.15) is 58.3 Å². The highest BCUT2D eigenvalue weighted by atomic mass is 32.3. The lowest BCUT2D eigenvalue weighted by Crippen LogP contribution is -2.44. The molecule has 4 nitrogen and oxygen atoms in total. The van der Waals surface area contributed by atoms with Gasteiger partial charge in [0, 0.05) is 0 Å². The predicted molar refractivity (Wildman–Crippen MR) is 76.3 cm³/mol. The second-order valence-corrected chi connectivity index (χ2v) is 9.86. The molecule has 12 heteroatoms. The first-order chi connectivity index (χ1) is 10.7. The summed E-state index contributed by atoms with van der Waals surface area (Å²) in [5.41, 5.74) is -12.1. The monoisotopic (exact) mass is 406 g/mol. The van der Waals surface area contributed by atoms with E-state index in [0.29, 0.717) is 12.8 Å². The Morgan fingerprint density at radius 3 is 1.33 bits per heavy atom. The maximum absolute atomic E-state index is 12.5. The van der Waals surface area contributed by atoms with Gasteiger partial charge in [-0.1, -0.05) is 51.9 Å². The maximum atomic E-state index is 12.5. The lowest BCUT2D eigenvalue weighted by Gasteiger charge is -2.20. The van der Waals surface area contributed by atoms with E-state index in [4.69, 9.17) is 0 Å². The van der Waals surface area contributed by atoms with Crippen LogP contribution in [0.5, 0.6) is 0 Å². The molecular weight excluding hydrogens is 386 g/mol. The fraction of sp³-hybridized carbons (Fsp3) is 1.00. The van der Waals surface area contributed by atoms with Crippen molar-refractivity contribution in [3.8, 4) is 0 Å². The van der Waals surface area contributed by atoms with Crippen molar-refractivity contribution in [3.05, 3.63) is 0 Å². The third-order valence-electron chi connectivity index (χ3n) is 3.38. The lowest BCUT2D eigenvalue weighted by atomic mass is 10.1. The molecule has 0 bridgehead atoms. The highest BCUT2D eigenvalue weighted by Crippen LogP contribution is 2.38. The van der Waals surface area contributed by atoms with Crippen molar-refractivity contribution in [1.29, 1.82) is 0 Å². The van der Waals surface area contributed by atoms with E-state index in [-0.39, 0.29) is 12.8 Å². The predicted octanol–water partition coefficient (Wildman–Crippen LogP) is 4.32. The van der Waals surface area contributed by atoms with Crippen LogP contribution in [0.25, 0.3) is 0 Å². The Morgan fingerprint density at radius 2 is 1.00 bits per heavy atom. The number of halogens is 6. The Labute approximate surface area is 137 Å². The van der Waals surface area contributed by atoms with E-state index >= 15 is 0 Å². The van der Waals surface area contributed by atoms with Crippen molar-refractivity contribution in [3.63, 3.8) is 0 Å². The Bertz CT molecular complexity index is 534. The molecule has 0 saturated heterocycles. The molecule has 0 aliphatic carbocycles. The molecule has 0 aromatic carbocycles. The first kappa shape index (κ1) is 23.5. The zero-order valence-corrected chi connectivity index (χ0v) is 14.6. The second-order valence-electron chi connectivity index (χ2n) is 5.32. The minimum atomic E-state index is -6.49. The largest absolute Gasteiger partial charge is 0.498 e. The summed E-state index contributed by atoms with van der Waals surface area (Å²) in [6, 6.07) is 0. The topological polar surface area (TPSA) is 68.3 Å². The molecule has 0 spiro atoms. The van der Waals surface area contributed by atoms with E-state index in [1.807, 2.05) is 6.92 Å². The first-order valence-electron chi connectivity index (χ1n) is 7.30. The Hall–Kier alpha value is -0.520. The number of alkyl halides is 6. The van der Waals surface area contributed by atoms with Crippen LogP contribution in [0, 0.1) is 0 Å². The third-order valence-corrected chi connectivity index (χ3v) is 8.05. The van der Waals surface area contributed by atoms with Crippen molar-refractivity contribution in [1.82, 2.24) is 0 Å². The van der Waals surface area contributed by atoms with Crippen LogP contribution >= 0.6 is 0 Å². The van der Waals surface area contributed by atoms with Gasteiger partial charge in [0.05, 0.1) is 0 Å². The molecule has 0 fully saturated rings. The normalized spacial score (nSPS) is 14.3. The van der Waals surface area contributed by atoms with Gasteiger partial charge >= 0.3 is 11.0 Å². The van der Waals surface area contributed by atoms with Gasteiger partial charge in [-0.05, 0) is 6.42 Å². The summed E-state index contributed by atoms with van der Waals surface area (Å²) in [5, 5.41) is 0. The summed E-state index contributed by atoms with van der Waals surface area (Å²) in [7, 11) is -13.0. The summed E-state index contributed by atoms with van der Waals surface area (Å²) >= 11 is 0. The van der Waals surface area contributed by atoms with Crippen molar-refractivity contribution >= 4 is 19.7 Å². The smallest absolute Gasteiger partial charge is 0.218 e. The highest BCUT2D eigenvalue weighted by molar-refractivity contribution is 8.09. The van der Waals surface area contributed by atoms with Crippen LogP contribution < -0.4 is 0 Å². The zero-order valence-electron chi connectivity index (χ0n) is 13.0. The number of rotatable bonds is 10. The molecule has 0 aliphatic rings. The minimum absolute atomic E-state index is 0.154. The summed E-state index contributed by atoms with van der Waals surface area (Å²) in [6.45, 7) is 1.95. The van der Waals surface area contributed by atoms with E-state index in [1.165, 1.54) is 0 Å². The number of unbranched alkanes of at least 4 members (excludes halogenated alkanes) is 6. The van der Waals surface area contributed by atoms with E-state index in [9.17, 15) is 43.2 Å². The molecule has 146 valence electrons. The Morgan fingerprint density at radius 1 is 0.667 bits per heavy atom. The molecule has 0 aliphatic heterocycles.